The highest BCUT2D eigenvalue weighted by atomic mass is 28.3. The molecule has 2 aliphatic rings. The number of hydrogen-bond acceptors (Lipinski definition) is 5. The van der Waals surface area contributed by atoms with Gasteiger partial charge in [0.05, 0.1) is 37.1 Å². The predicted molar refractivity (Wildman–Crippen MR) is 127 cm³/mol. The van der Waals surface area contributed by atoms with Crippen LogP contribution < -0.4 is 10.7 Å². The molecule has 166 valence electrons. The first kappa shape index (κ1) is 21.1. The third-order valence-electron chi connectivity index (χ3n) is 7.75. The molecule has 0 bridgehead atoms. The lowest BCUT2D eigenvalue weighted by atomic mass is 9.86. The molecule has 0 saturated heterocycles. The van der Waals surface area contributed by atoms with Gasteiger partial charge in [-0.3, -0.25) is 4.79 Å². The van der Waals surface area contributed by atoms with Crippen molar-refractivity contribution in [1.29, 1.82) is 0 Å². The van der Waals surface area contributed by atoms with Crippen LogP contribution in [0.3, 0.4) is 0 Å². The number of fused-ring (bicyclic) bond motifs is 5. The fraction of sp³-hybridized carbons (Fsp3) is 0.400. The third kappa shape index (κ3) is 2.70. The summed E-state index contributed by atoms with van der Waals surface area (Å²) in [5.74, 6) is -0.698. The van der Waals surface area contributed by atoms with Gasteiger partial charge in [0.2, 0.25) is 0 Å². The van der Waals surface area contributed by atoms with E-state index in [1.807, 2.05) is 0 Å². The Labute approximate surface area is 187 Å². The van der Waals surface area contributed by atoms with Gasteiger partial charge >= 0.3 is 5.97 Å². The summed E-state index contributed by atoms with van der Waals surface area (Å²) in [6.45, 7) is 8.95. The lowest BCUT2D eigenvalue weighted by Gasteiger charge is -2.31. The fourth-order valence-corrected chi connectivity index (χ4v) is 7.66. The number of nitrogens with zero attached hydrogens (tertiary/aromatic N) is 2. The maximum Gasteiger partial charge on any atom is 0.343 e. The van der Waals surface area contributed by atoms with E-state index in [1.54, 1.807) is 17.6 Å². The quantitative estimate of drug-likeness (QED) is 0.382. The number of esters is 1. The first-order chi connectivity index (χ1) is 15.3. The van der Waals surface area contributed by atoms with Crippen LogP contribution in [0.25, 0.3) is 22.3 Å². The summed E-state index contributed by atoms with van der Waals surface area (Å²) < 4.78 is 6.85. The normalized spacial score (nSPS) is 19.5. The Morgan fingerprint density at radius 3 is 2.62 bits per heavy atom. The van der Waals surface area contributed by atoms with Gasteiger partial charge in [0, 0.05) is 16.5 Å². The number of benzene rings is 1. The van der Waals surface area contributed by atoms with Crippen molar-refractivity contribution in [3.05, 3.63) is 57.4 Å². The lowest BCUT2D eigenvalue weighted by Crippen LogP contribution is -2.44. The number of pyridine rings is 2. The number of ether oxygens (including phenoxy) is 1. The molecule has 2 aromatic heterocycles. The van der Waals surface area contributed by atoms with E-state index in [2.05, 4.69) is 44.7 Å². The van der Waals surface area contributed by atoms with Crippen molar-refractivity contribution in [3.63, 3.8) is 0 Å². The number of para-hydroxylation sites is 1. The highest BCUT2D eigenvalue weighted by Crippen LogP contribution is 2.38. The molecule has 5 rings (SSSR count). The monoisotopic (exact) mass is 448 g/mol. The number of aromatic nitrogens is 2. The van der Waals surface area contributed by atoms with Crippen LogP contribution >= 0.6 is 0 Å². The second-order valence-corrected chi connectivity index (χ2v) is 14.3. The number of carbonyl (C=O) groups excluding carboxylic acids is 1. The van der Waals surface area contributed by atoms with E-state index < -0.39 is 19.6 Å². The molecule has 1 N–H and O–H groups in total. The molecule has 0 amide bonds. The zero-order valence-electron chi connectivity index (χ0n) is 19.0. The van der Waals surface area contributed by atoms with Crippen LogP contribution in [0.2, 0.25) is 18.6 Å². The summed E-state index contributed by atoms with van der Waals surface area (Å²) >= 11 is 0. The molecule has 0 unspecified atom stereocenters. The van der Waals surface area contributed by atoms with Crippen LogP contribution in [0.15, 0.2) is 35.1 Å². The minimum Gasteiger partial charge on any atom is -0.458 e. The van der Waals surface area contributed by atoms with Crippen LogP contribution in [-0.4, -0.2) is 28.7 Å². The largest absolute Gasteiger partial charge is 0.458 e. The third-order valence-corrected chi connectivity index (χ3v) is 12.6. The minimum atomic E-state index is -1.80. The average molecular weight is 449 g/mol. The maximum absolute atomic E-state index is 13.3. The van der Waals surface area contributed by atoms with E-state index in [4.69, 9.17) is 9.72 Å². The molecule has 3 aromatic rings. The average Bonchev–Trinajstić information content (AvgIpc) is 3.17. The van der Waals surface area contributed by atoms with E-state index in [9.17, 15) is 14.7 Å². The summed E-state index contributed by atoms with van der Waals surface area (Å²) in [4.78, 5) is 30.8. The van der Waals surface area contributed by atoms with Gasteiger partial charge in [-0.1, -0.05) is 57.6 Å². The standard InChI is InChI=1S/C25H28N2O4Si/c1-5-25(30)18-12-19-21-16(13-27(19)23(28)17(18)14-31-24(25)29)11-15-9-8-10-20(22(15)26-21)32(4,6-2)7-3/h8-12,30H,5-7,13-14H2,1-4H3/t25-/m0/s1. The van der Waals surface area contributed by atoms with Crippen molar-refractivity contribution in [2.45, 2.75) is 64.6 Å². The molecular weight excluding hydrogens is 420 g/mol. The second kappa shape index (κ2) is 7.12. The molecule has 0 aliphatic carbocycles. The maximum atomic E-state index is 13.3. The number of hydrogen-bond donors (Lipinski definition) is 1. The van der Waals surface area contributed by atoms with E-state index in [0.29, 0.717) is 23.4 Å². The van der Waals surface area contributed by atoms with Gasteiger partial charge < -0.3 is 14.4 Å². The van der Waals surface area contributed by atoms with Crippen LogP contribution in [0.5, 0.6) is 0 Å². The van der Waals surface area contributed by atoms with E-state index in [-0.39, 0.29) is 18.6 Å². The molecular formula is C25H28N2O4Si. The molecule has 0 fully saturated rings. The van der Waals surface area contributed by atoms with Gasteiger partial charge in [0.25, 0.3) is 5.56 Å². The summed E-state index contributed by atoms with van der Waals surface area (Å²) in [5, 5.41) is 13.5. The van der Waals surface area contributed by atoms with E-state index in [1.165, 1.54) is 5.19 Å². The van der Waals surface area contributed by atoms with Crippen molar-refractivity contribution in [1.82, 2.24) is 9.55 Å². The molecule has 2 aliphatic heterocycles. The van der Waals surface area contributed by atoms with Gasteiger partial charge in [-0.2, -0.15) is 0 Å². The molecule has 1 aromatic carbocycles. The zero-order chi connectivity index (χ0) is 22.8. The van der Waals surface area contributed by atoms with Crippen molar-refractivity contribution < 1.29 is 14.6 Å². The molecule has 4 heterocycles. The van der Waals surface area contributed by atoms with Gasteiger partial charge in [-0.15, -0.1) is 0 Å². The Hall–Kier alpha value is -2.77. The molecule has 0 saturated carbocycles. The Kier molecular flexibility index (Phi) is 4.69. The highest BCUT2D eigenvalue weighted by molar-refractivity contribution is 6.92. The smallest absolute Gasteiger partial charge is 0.343 e. The van der Waals surface area contributed by atoms with E-state index >= 15 is 0 Å². The minimum absolute atomic E-state index is 0.109. The first-order valence-corrected chi connectivity index (χ1v) is 14.3. The van der Waals surface area contributed by atoms with Crippen molar-refractivity contribution in [2.24, 2.45) is 0 Å². The molecule has 32 heavy (non-hydrogen) atoms. The zero-order valence-corrected chi connectivity index (χ0v) is 20.0. The number of aliphatic hydroxyl groups is 1. The Balaban J connectivity index is 1.79. The second-order valence-electron chi connectivity index (χ2n) is 9.24. The SMILES string of the molecule is CC[C@@]1(O)C(=O)OCc2c1cc1n(c2=O)Cc2cc3cccc([Si](C)(CC)CC)c3nc2-1. The molecule has 0 spiro atoms. The summed E-state index contributed by atoms with van der Waals surface area (Å²) in [6.07, 6.45) is 0.140. The summed E-state index contributed by atoms with van der Waals surface area (Å²) in [6, 6.07) is 12.6. The predicted octanol–water partition coefficient (Wildman–Crippen LogP) is 3.41. The molecule has 6 nitrogen and oxygen atoms in total. The van der Waals surface area contributed by atoms with Crippen molar-refractivity contribution in [2.75, 3.05) is 0 Å². The van der Waals surface area contributed by atoms with Crippen molar-refractivity contribution in [3.8, 4) is 11.4 Å². The van der Waals surface area contributed by atoms with Gasteiger partial charge in [0.1, 0.15) is 6.61 Å². The highest BCUT2D eigenvalue weighted by Gasteiger charge is 2.45. The van der Waals surface area contributed by atoms with Crippen LogP contribution in [0.1, 0.15) is 43.9 Å². The lowest BCUT2D eigenvalue weighted by molar-refractivity contribution is -0.172. The number of carbonyl (C=O) groups is 1. The van der Waals surface area contributed by atoms with Gasteiger partial charge in [-0.25, -0.2) is 9.78 Å². The summed E-state index contributed by atoms with van der Waals surface area (Å²) in [7, 11) is -1.67. The number of cyclic esters (lactones) is 1. The topological polar surface area (TPSA) is 81.4 Å². The van der Waals surface area contributed by atoms with Crippen molar-refractivity contribution >= 4 is 30.1 Å². The van der Waals surface area contributed by atoms with Crippen LogP contribution in [0, 0.1) is 0 Å². The Bertz CT molecular complexity index is 1340. The first-order valence-electron chi connectivity index (χ1n) is 11.4. The number of rotatable bonds is 4. The van der Waals surface area contributed by atoms with Gasteiger partial charge in [-0.05, 0) is 23.7 Å². The molecule has 7 heteroatoms. The Morgan fingerprint density at radius 2 is 1.94 bits per heavy atom. The van der Waals surface area contributed by atoms with E-state index in [0.717, 1.165) is 34.2 Å². The molecule has 1 atom stereocenters. The van der Waals surface area contributed by atoms with Crippen LogP contribution in [-0.2, 0) is 28.3 Å². The van der Waals surface area contributed by atoms with Crippen LogP contribution in [0.4, 0.5) is 0 Å². The Morgan fingerprint density at radius 1 is 1.19 bits per heavy atom. The summed E-state index contributed by atoms with van der Waals surface area (Å²) in [5.41, 5.74) is 2.11. The molecule has 0 radical (unpaired) electrons. The fourth-order valence-electron chi connectivity index (χ4n) is 5.13. The van der Waals surface area contributed by atoms with Gasteiger partial charge in [0.15, 0.2) is 5.60 Å².